The average Bonchev–Trinajstić information content (AvgIpc) is 2.51. The third-order valence-electron chi connectivity index (χ3n) is 3.64. The summed E-state index contributed by atoms with van der Waals surface area (Å²) in [5, 5.41) is 6.18. The summed E-state index contributed by atoms with van der Waals surface area (Å²) in [5.41, 5.74) is 0. The zero-order chi connectivity index (χ0) is 17.5. The van der Waals surface area contributed by atoms with Gasteiger partial charge in [-0.15, -0.1) is 0 Å². The third-order valence-corrected chi connectivity index (χ3v) is 3.87. The van der Waals surface area contributed by atoms with E-state index in [2.05, 4.69) is 25.4 Å². The van der Waals surface area contributed by atoms with E-state index in [4.69, 9.17) is 11.6 Å². The van der Waals surface area contributed by atoms with Crippen LogP contribution in [-0.2, 0) is 9.59 Å². The minimum absolute atomic E-state index is 0.0463. The number of aromatic nitrogens is 1. The topological polar surface area (TPSA) is 77.6 Å². The van der Waals surface area contributed by atoms with Gasteiger partial charge in [0.2, 0.25) is 11.8 Å². The Kier molecular flexibility index (Phi) is 6.96. The summed E-state index contributed by atoms with van der Waals surface area (Å²) in [6.07, 6.45) is 1.50. The van der Waals surface area contributed by atoms with Gasteiger partial charge in [0.15, 0.2) is 0 Å². The number of nitrogens with zero attached hydrogens (tertiary/aromatic N) is 3. The second-order valence-electron chi connectivity index (χ2n) is 6.18. The van der Waals surface area contributed by atoms with Crippen LogP contribution in [0.1, 0.15) is 13.8 Å². The lowest BCUT2D eigenvalue weighted by Gasteiger charge is -2.33. The Morgan fingerprint density at radius 3 is 2.21 bits per heavy atom. The van der Waals surface area contributed by atoms with Crippen LogP contribution in [0.25, 0.3) is 0 Å². The number of anilines is 1. The molecule has 1 aromatic rings. The predicted molar refractivity (Wildman–Crippen MR) is 94.0 cm³/mol. The van der Waals surface area contributed by atoms with Gasteiger partial charge >= 0.3 is 0 Å². The van der Waals surface area contributed by atoms with Gasteiger partial charge in [-0.05, 0) is 26.0 Å². The van der Waals surface area contributed by atoms with E-state index in [-0.39, 0.29) is 17.9 Å². The Bertz CT molecular complexity index is 556. The average molecular weight is 354 g/mol. The second-order valence-corrected chi connectivity index (χ2v) is 6.62. The van der Waals surface area contributed by atoms with E-state index >= 15 is 0 Å². The summed E-state index contributed by atoms with van der Waals surface area (Å²) in [5.74, 6) is 0.439. The molecule has 2 rings (SSSR count). The van der Waals surface area contributed by atoms with E-state index in [9.17, 15) is 9.59 Å². The molecule has 0 saturated carbocycles. The molecule has 0 aliphatic carbocycles. The molecule has 1 aliphatic heterocycles. The van der Waals surface area contributed by atoms with Gasteiger partial charge in [-0.1, -0.05) is 11.6 Å². The van der Waals surface area contributed by atoms with E-state index in [1.807, 2.05) is 13.8 Å². The van der Waals surface area contributed by atoms with Gasteiger partial charge < -0.3 is 10.6 Å². The molecule has 24 heavy (non-hydrogen) atoms. The maximum Gasteiger partial charge on any atom is 0.239 e. The summed E-state index contributed by atoms with van der Waals surface area (Å²) in [4.78, 5) is 32.0. The Morgan fingerprint density at radius 1 is 1.12 bits per heavy atom. The first-order chi connectivity index (χ1) is 11.4. The number of amides is 2. The van der Waals surface area contributed by atoms with Gasteiger partial charge in [0.1, 0.15) is 5.82 Å². The zero-order valence-corrected chi connectivity index (χ0v) is 14.8. The molecule has 0 radical (unpaired) electrons. The molecule has 0 unspecified atom stereocenters. The normalized spacial score (nSPS) is 16.2. The van der Waals surface area contributed by atoms with Gasteiger partial charge in [-0.3, -0.25) is 19.4 Å². The Labute approximate surface area is 147 Å². The van der Waals surface area contributed by atoms with Crippen LogP contribution in [0, 0.1) is 0 Å². The monoisotopic (exact) mass is 353 g/mol. The smallest absolute Gasteiger partial charge is 0.239 e. The van der Waals surface area contributed by atoms with Crippen LogP contribution in [-0.4, -0.2) is 71.9 Å². The van der Waals surface area contributed by atoms with E-state index in [0.29, 0.717) is 23.9 Å². The number of rotatable bonds is 6. The van der Waals surface area contributed by atoms with Crippen LogP contribution in [0.3, 0.4) is 0 Å². The van der Waals surface area contributed by atoms with Crippen molar-refractivity contribution in [1.82, 2.24) is 20.1 Å². The molecule has 1 aromatic heterocycles. The van der Waals surface area contributed by atoms with Crippen molar-refractivity contribution in [3.63, 3.8) is 0 Å². The number of halogens is 1. The molecule has 0 bridgehead atoms. The highest BCUT2D eigenvalue weighted by Gasteiger charge is 2.20. The molecule has 0 atom stereocenters. The first-order valence-electron chi connectivity index (χ1n) is 8.08. The van der Waals surface area contributed by atoms with Crippen LogP contribution < -0.4 is 10.6 Å². The van der Waals surface area contributed by atoms with Crippen molar-refractivity contribution in [2.24, 2.45) is 0 Å². The first-order valence-corrected chi connectivity index (χ1v) is 8.45. The number of carbonyl (C=O) groups is 2. The standard InChI is InChI=1S/C16H24ClN5O2/c1-12(2)19-15(23)10-21-5-7-22(8-6-21)11-16(24)20-14-4-3-13(17)9-18-14/h3-4,9,12H,5-8,10-11H2,1-2H3,(H,19,23)(H,18,20,24). The molecule has 7 nitrogen and oxygen atoms in total. The SMILES string of the molecule is CC(C)NC(=O)CN1CCN(CC(=O)Nc2ccc(Cl)cn2)CC1. The number of pyridine rings is 1. The summed E-state index contributed by atoms with van der Waals surface area (Å²) in [6, 6.07) is 3.51. The number of nitrogens with one attached hydrogen (secondary N) is 2. The maximum absolute atomic E-state index is 12.0. The van der Waals surface area contributed by atoms with Crippen molar-refractivity contribution < 1.29 is 9.59 Å². The number of carbonyl (C=O) groups excluding carboxylic acids is 2. The molecule has 2 N–H and O–H groups in total. The Balaban J connectivity index is 1.69. The molecule has 2 heterocycles. The van der Waals surface area contributed by atoms with Crippen LogP contribution in [0.4, 0.5) is 5.82 Å². The van der Waals surface area contributed by atoms with Gasteiger partial charge in [-0.25, -0.2) is 4.98 Å². The molecular weight excluding hydrogens is 330 g/mol. The molecule has 2 amide bonds. The fourth-order valence-corrected chi connectivity index (χ4v) is 2.62. The third kappa shape index (κ3) is 6.43. The van der Waals surface area contributed by atoms with E-state index < -0.39 is 0 Å². The Hall–Kier alpha value is -1.70. The van der Waals surface area contributed by atoms with Crippen LogP contribution in [0.2, 0.25) is 5.02 Å². The van der Waals surface area contributed by atoms with Crippen LogP contribution >= 0.6 is 11.6 Å². The highest BCUT2D eigenvalue weighted by atomic mass is 35.5. The molecule has 1 saturated heterocycles. The summed E-state index contributed by atoms with van der Waals surface area (Å²) < 4.78 is 0. The highest BCUT2D eigenvalue weighted by Crippen LogP contribution is 2.09. The number of hydrogen-bond acceptors (Lipinski definition) is 5. The first kappa shape index (κ1) is 18.6. The molecule has 0 spiro atoms. The quantitative estimate of drug-likeness (QED) is 0.791. The molecule has 8 heteroatoms. The summed E-state index contributed by atoms with van der Waals surface area (Å²) in [6.45, 7) is 7.69. The van der Waals surface area contributed by atoms with Gasteiger partial charge in [-0.2, -0.15) is 0 Å². The van der Waals surface area contributed by atoms with Gasteiger partial charge in [0, 0.05) is 38.4 Å². The van der Waals surface area contributed by atoms with Crippen molar-refractivity contribution >= 4 is 29.2 Å². The van der Waals surface area contributed by atoms with Crippen molar-refractivity contribution in [2.45, 2.75) is 19.9 Å². The van der Waals surface area contributed by atoms with E-state index in [0.717, 1.165) is 26.2 Å². The van der Waals surface area contributed by atoms with Crippen molar-refractivity contribution in [2.75, 3.05) is 44.6 Å². The molecule has 132 valence electrons. The Morgan fingerprint density at radius 2 is 1.71 bits per heavy atom. The predicted octanol–water partition coefficient (Wildman–Crippen LogP) is 0.816. The zero-order valence-electron chi connectivity index (χ0n) is 14.1. The van der Waals surface area contributed by atoms with Crippen LogP contribution in [0.15, 0.2) is 18.3 Å². The lowest BCUT2D eigenvalue weighted by atomic mass is 10.3. The van der Waals surface area contributed by atoms with Gasteiger partial charge in [0.25, 0.3) is 0 Å². The molecular formula is C16H24ClN5O2. The largest absolute Gasteiger partial charge is 0.353 e. The molecule has 1 fully saturated rings. The number of hydrogen-bond donors (Lipinski definition) is 2. The van der Waals surface area contributed by atoms with Gasteiger partial charge in [0.05, 0.1) is 18.1 Å². The summed E-state index contributed by atoms with van der Waals surface area (Å²) in [7, 11) is 0. The highest BCUT2D eigenvalue weighted by molar-refractivity contribution is 6.30. The number of piperazine rings is 1. The second kappa shape index (κ2) is 8.96. The fourth-order valence-electron chi connectivity index (χ4n) is 2.51. The van der Waals surface area contributed by atoms with Crippen LogP contribution in [0.5, 0.6) is 0 Å². The molecule has 1 aliphatic rings. The fraction of sp³-hybridized carbons (Fsp3) is 0.562. The van der Waals surface area contributed by atoms with E-state index in [1.165, 1.54) is 6.20 Å². The minimum atomic E-state index is -0.101. The van der Waals surface area contributed by atoms with Crippen molar-refractivity contribution in [3.05, 3.63) is 23.4 Å². The van der Waals surface area contributed by atoms with Crippen molar-refractivity contribution in [1.29, 1.82) is 0 Å². The maximum atomic E-state index is 12.0. The van der Waals surface area contributed by atoms with E-state index in [1.54, 1.807) is 12.1 Å². The molecule has 0 aromatic carbocycles. The lowest BCUT2D eigenvalue weighted by molar-refractivity contribution is -0.124. The summed E-state index contributed by atoms with van der Waals surface area (Å²) >= 11 is 5.76. The minimum Gasteiger partial charge on any atom is -0.353 e. The lowest BCUT2D eigenvalue weighted by Crippen LogP contribution is -2.51. The van der Waals surface area contributed by atoms with Crippen molar-refractivity contribution in [3.8, 4) is 0 Å².